The summed E-state index contributed by atoms with van der Waals surface area (Å²) in [5.41, 5.74) is 2.81. The fraction of sp³-hybridized carbons (Fsp3) is 0.435. The fourth-order valence-electron chi connectivity index (χ4n) is 3.87. The second-order valence-corrected chi connectivity index (χ2v) is 8.52. The van der Waals surface area contributed by atoms with E-state index in [1.165, 1.54) is 35.4 Å². The summed E-state index contributed by atoms with van der Waals surface area (Å²) >= 11 is 1.78. The van der Waals surface area contributed by atoms with E-state index in [1.54, 1.807) is 17.8 Å². The molecular weight excluding hydrogens is 371 g/mol. The van der Waals surface area contributed by atoms with Crippen LogP contribution < -0.4 is 5.32 Å². The first-order valence-electron chi connectivity index (χ1n) is 9.95. The predicted molar refractivity (Wildman–Crippen MR) is 115 cm³/mol. The lowest BCUT2D eigenvalue weighted by molar-refractivity contribution is -0.116. The third-order valence-electron chi connectivity index (χ3n) is 5.39. The number of thioether (sulfide) groups is 1. The Balaban J connectivity index is 1.47. The molecule has 0 spiro atoms. The number of benzene rings is 2. The molecule has 1 N–H and O–H groups in total. The highest BCUT2D eigenvalue weighted by Gasteiger charge is 2.21. The van der Waals surface area contributed by atoms with Crippen molar-refractivity contribution in [2.75, 3.05) is 24.7 Å². The molecular formula is C23H29FN2OS. The summed E-state index contributed by atoms with van der Waals surface area (Å²) in [4.78, 5) is 16.1. The smallest absolute Gasteiger partial charge is 0.224 e. The highest BCUT2D eigenvalue weighted by Crippen LogP contribution is 2.24. The number of halogens is 1. The molecule has 0 aliphatic carbocycles. The average Bonchev–Trinajstić information content (AvgIpc) is 2.69. The Labute approximate surface area is 171 Å². The lowest BCUT2D eigenvalue weighted by atomic mass is 9.93. The van der Waals surface area contributed by atoms with E-state index in [1.807, 2.05) is 6.92 Å². The molecule has 150 valence electrons. The van der Waals surface area contributed by atoms with Gasteiger partial charge in [0.05, 0.1) is 0 Å². The van der Waals surface area contributed by atoms with E-state index in [9.17, 15) is 9.18 Å². The summed E-state index contributed by atoms with van der Waals surface area (Å²) in [6.07, 6.45) is 5.88. The van der Waals surface area contributed by atoms with Crippen molar-refractivity contribution in [1.29, 1.82) is 0 Å². The number of piperidine rings is 1. The van der Waals surface area contributed by atoms with Gasteiger partial charge in [0, 0.05) is 30.1 Å². The van der Waals surface area contributed by atoms with E-state index in [4.69, 9.17) is 0 Å². The van der Waals surface area contributed by atoms with Gasteiger partial charge in [0.1, 0.15) is 5.82 Å². The molecule has 5 heteroatoms. The minimum Gasteiger partial charge on any atom is -0.326 e. The first-order chi connectivity index (χ1) is 13.5. The third-order valence-corrected chi connectivity index (χ3v) is 6.11. The van der Waals surface area contributed by atoms with Crippen LogP contribution in [0.25, 0.3) is 0 Å². The van der Waals surface area contributed by atoms with Crippen molar-refractivity contribution in [3.63, 3.8) is 0 Å². The van der Waals surface area contributed by atoms with Crippen molar-refractivity contribution in [2.45, 2.75) is 44.0 Å². The molecule has 1 heterocycles. The second kappa shape index (κ2) is 10.1. The van der Waals surface area contributed by atoms with E-state index in [0.29, 0.717) is 18.0 Å². The van der Waals surface area contributed by atoms with Gasteiger partial charge in [-0.05, 0) is 86.4 Å². The molecule has 2 aromatic carbocycles. The zero-order chi connectivity index (χ0) is 19.9. The number of hydrogen-bond acceptors (Lipinski definition) is 3. The zero-order valence-electron chi connectivity index (χ0n) is 16.7. The van der Waals surface area contributed by atoms with Crippen LogP contribution in [0.2, 0.25) is 0 Å². The van der Waals surface area contributed by atoms with Gasteiger partial charge in [0.2, 0.25) is 5.91 Å². The molecule has 3 nitrogen and oxygen atoms in total. The summed E-state index contributed by atoms with van der Waals surface area (Å²) in [6.45, 7) is 4.96. The Morgan fingerprint density at radius 3 is 2.93 bits per heavy atom. The summed E-state index contributed by atoms with van der Waals surface area (Å²) in [5, 5.41) is 2.92. The van der Waals surface area contributed by atoms with Crippen molar-refractivity contribution in [2.24, 2.45) is 5.92 Å². The highest BCUT2D eigenvalue weighted by atomic mass is 32.2. The van der Waals surface area contributed by atoms with Gasteiger partial charge >= 0.3 is 0 Å². The number of nitrogens with zero attached hydrogens (tertiary/aromatic N) is 1. The maximum atomic E-state index is 13.2. The van der Waals surface area contributed by atoms with Crippen LogP contribution in [0, 0.1) is 18.7 Å². The molecule has 3 rings (SSSR count). The number of aryl methyl sites for hydroxylation is 1. The minimum atomic E-state index is -0.277. The predicted octanol–water partition coefficient (Wildman–Crippen LogP) is 5.49. The number of nitrogens with one attached hydrogen (secondary N) is 1. The number of likely N-dealkylation sites (tertiary alicyclic amines) is 1. The number of carbonyl (C=O) groups excluding carboxylic acids is 1. The van der Waals surface area contributed by atoms with E-state index in [-0.39, 0.29) is 11.7 Å². The summed E-state index contributed by atoms with van der Waals surface area (Å²) < 4.78 is 13.2. The third kappa shape index (κ3) is 6.08. The standard InChI is InChI=1S/C23H29FN2OS/c1-17-13-20(24)9-10-22(17)25-23(27)11-8-18-6-4-12-26(15-18)16-19-5-3-7-21(14-19)28-2/h3,5,7,9-10,13-14,18H,4,6,8,11-12,15-16H2,1-2H3,(H,25,27)/t18-/m1/s1. The van der Waals surface area contributed by atoms with Crippen molar-refractivity contribution < 1.29 is 9.18 Å². The summed E-state index contributed by atoms with van der Waals surface area (Å²) in [6, 6.07) is 13.2. The average molecular weight is 401 g/mol. The van der Waals surface area contributed by atoms with Gasteiger partial charge in [-0.1, -0.05) is 12.1 Å². The van der Waals surface area contributed by atoms with Gasteiger partial charge in [0.25, 0.3) is 0 Å². The number of amides is 1. The quantitative estimate of drug-likeness (QED) is 0.624. The molecule has 0 bridgehead atoms. The summed E-state index contributed by atoms with van der Waals surface area (Å²) in [7, 11) is 0. The normalized spacial score (nSPS) is 17.5. The van der Waals surface area contributed by atoms with Crippen LogP contribution in [0.4, 0.5) is 10.1 Å². The lowest BCUT2D eigenvalue weighted by Crippen LogP contribution is -2.35. The van der Waals surface area contributed by atoms with Crippen LogP contribution in [0.15, 0.2) is 47.4 Å². The first-order valence-corrected chi connectivity index (χ1v) is 11.2. The Hall–Kier alpha value is -1.85. The maximum absolute atomic E-state index is 13.2. The van der Waals surface area contributed by atoms with Gasteiger partial charge in [-0.25, -0.2) is 4.39 Å². The Morgan fingerprint density at radius 2 is 2.14 bits per heavy atom. The molecule has 1 aliphatic heterocycles. The van der Waals surface area contributed by atoms with Crippen LogP contribution in [-0.4, -0.2) is 30.2 Å². The summed E-state index contributed by atoms with van der Waals surface area (Å²) in [5.74, 6) is 0.290. The van der Waals surface area contributed by atoms with Crippen LogP contribution in [0.1, 0.15) is 36.8 Å². The molecule has 0 saturated carbocycles. The Kier molecular flexibility index (Phi) is 7.51. The Morgan fingerprint density at radius 1 is 1.29 bits per heavy atom. The van der Waals surface area contributed by atoms with Crippen LogP contribution in [0.5, 0.6) is 0 Å². The fourth-order valence-corrected chi connectivity index (χ4v) is 4.36. The number of anilines is 1. The first kappa shape index (κ1) is 20.9. The molecule has 1 amide bonds. The van der Waals surface area contributed by atoms with Crippen LogP contribution in [-0.2, 0) is 11.3 Å². The molecule has 1 aliphatic rings. The van der Waals surface area contributed by atoms with E-state index >= 15 is 0 Å². The van der Waals surface area contributed by atoms with Crippen molar-refractivity contribution in [3.05, 3.63) is 59.4 Å². The number of hydrogen-bond donors (Lipinski definition) is 1. The van der Waals surface area contributed by atoms with Crippen LogP contribution in [0.3, 0.4) is 0 Å². The van der Waals surface area contributed by atoms with Gasteiger partial charge in [-0.2, -0.15) is 0 Å². The SMILES string of the molecule is CSc1cccc(CN2CCC[C@H](CCC(=O)Nc3ccc(F)cc3C)C2)c1. The monoisotopic (exact) mass is 400 g/mol. The van der Waals surface area contributed by atoms with E-state index in [0.717, 1.165) is 31.6 Å². The van der Waals surface area contributed by atoms with Crippen molar-refractivity contribution in [3.8, 4) is 0 Å². The van der Waals surface area contributed by atoms with Gasteiger partial charge in [-0.15, -0.1) is 11.8 Å². The maximum Gasteiger partial charge on any atom is 0.224 e. The van der Waals surface area contributed by atoms with Crippen molar-refractivity contribution in [1.82, 2.24) is 4.90 Å². The van der Waals surface area contributed by atoms with Gasteiger partial charge in [0.15, 0.2) is 0 Å². The molecule has 1 fully saturated rings. The number of rotatable bonds is 7. The molecule has 2 aromatic rings. The highest BCUT2D eigenvalue weighted by molar-refractivity contribution is 7.98. The molecule has 28 heavy (non-hydrogen) atoms. The van der Waals surface area contributed by atoms with E-state index < -0.39 is 0 Å². The largest absolute Gasteiger partial charge is 0.326 e. The lowest BCUT2D eigenvalue weighted by Gasteiger charge is -2.32. The molecule has 1 saturated heterocycles. The topological polar surface area (TPSA) is 32.3 Å². The minimum absolute atomic E-state index is 0.0134. The molecule has 0 aromatic heterocycles. The van der Waals surface area contributed by atoms with Crippen molar-refractivity contribution >= 4 is 23.4 Å². The molecule has 0 unspecified atom stereocenters. The molecule has 0 radical (unpaired) electrons. The van der Waals surface area contributed by atoms with Gasteiger partial charge < -0.3 is 5.32 Å². The van der Waals surface area contributed by atoms with Crippen LogP contribution >= 0.6 is 11.8 Å². The molecule has 1 atom stereocenters. The second-order valence-electron chi connectivity index (χ2n) is 7.64. The number of carbonyl (C=O) groups is 1. The van der Waals surface area contributed by atoms with Gasteiger partial charge in [-0.3, -0.25) is 9.69 Å². The van der Waals surface area contributed by atoms with E-state index in [2.05, 4.69) is 40.7 Å². The Bertz CT molecular complexity index is 811. The zero-order valence-corrected chi connectivity index (χ0v) is 17.5.